The minimum absolute atomic E-state index is 0.0466. The van der Waals surface area contributed by atoms with Gasteiger partial charge in [-0.15, -0.1) is 0 Å². The van der Waals surface area contributed by atoms with Gasteiger partial charge < -0.3 is 10.6 Å². The highest BCUT2D eigenvalue weighted by Gasteiger charge is 2.36. The number of hydrazone groups is 1. The van der Waals surface area contributed by atoms with E-state index in [9.17, 15) is 4.79 Å². The summed E-state index contributed by atoms with van der Waals surface area (Å²) < 4.78 is 0. The van der Waals surface area contributed by atoms with Crippen LogP contribution in [0.2, 0.25) is 0 Å². The van der Waals surface area contributed by atoms with Crippen LogP contribution in [-0.2, 0) is 4.79 Å². The average molecular weight is 397 g/mol. The Bertz CT molecular complexity index is 783. The Balaban J connectivity index is 2.61. The fraction of sp³-hybridized carbons (Fsp3) is 0.409. The molecule has 0 aliphatic rings. The first-order chi connectivity index (χ1) is 13.9. The Morgan fingerprint density at radius 1 is 1.07 bits per heavy atom. The zero-order valence-electron chi connectivity index (χ0n) is 17.6. The summed E-state index contributed by atoms with van der Waals surface area (Å²) >= 11 is 0. The molecular formula is C22H32N6O. The zero-order valence-corrected chi connectivity index (χ0v) is 17.6. The summed E-state index contributed by atoms with van der Waals surface area (Å²) in [5.74, 6) is 5.03. The van der Waals surface area contributed by atoms with Crippen LogP contribution >= 0.6 is 0 Å². The summed E-state index contributed by atoms with van der Waals surface area (Å²) in [6, 6.07) is 13.8. The normalized spacial score (nSPS) is 14.0. The lowest BCUT2D eigenvalue weighted by molar-refractivity contribution is -0.137. The number of nitrogens with zero attached hydrogens (tertiary/aromatic N) is 3. The van der Waals surface area contributed by atoms with E-state index >= 15 is 0 Å². The Morgan fingerprint density at radius 3 is 2.21 bits per heavy atom. The van der Waals surface area contributed by atoms with Crippen molar-refractivity contribution in [2.75, 3.05) is 0 Å². The van der Waals surface area contributed by atoms with E-state index in [1.165, 1.54) is 0 Å². The lowest BCUT2D eigenvalue weighted by atomic mass is 9.78. The fourth-order valence-corrected chi connectivity index (χ4v) is 3.86. The standard InChI is InChI=1S/C22H32N6O/c1-15(2)28(16(3)4)22(29)21(18-11-8-12-25-14-18)19(13-20(23)26-27-24)17-9-6-5-7-10-17/h5-12,14-16,19,21,27H,13,24H2,1-4H3,(H2,23,26). The maximum Gasteiger partial charge on any atom is 0.231 e. The monoisotopic (exact) mass is 396 g/mol. The van der Waals surface area contributed by atoms with Crippen molar-refractivity contribution >= 4 is 11.7 Å². The minimum Gasteiger partial charge on any atom is -0.386 e. The summed E-state index contributed by atoms with van der Waals surface area (Å²) in [7, 11) is 0. The average Bonchev–Trinajstić information content (AvgIpc) is 2.68. The number of aromatic nitrogens is 1. The smallest absolute Gasteiger partial charge is 0.231 e. The van der Waals surface area contributed by atoms with Crippen LogP contribution in [0.15, 0.2) is 60.0 Å². The molecule has 1 aromatic heterocycles. The molecule has 2 rings (SSSR count). The van der Waals surface area contributed by atoms with Crippen LogP contribution in [0.3, 0.4) is 0 Å². The molecule has 7 nitrogen and oxygen atoms in total. The van der Waals surface area contributed by atoms with Crippen molar-refractivity contribution in [3.63, 3.8) is 0 Å². The van der Waals surface area contributed by atoms with E-state index in [0.29, 0.717) is 12.3 Å². The number of benzene rings is 1. The van der Waals surface area contributed by atoms with E-state index < -0.39 is 5.92 Å². The maximum absolute atomic E-state index is 13.9. The summed E-state index contributed by atoms with van der Waals surface area (Å²) in [4.78, 5) is 20.0. The van der Waals surface area contributed by atoms with Gasteiger partial charge in [-0.25, -0.2) is 11.4 Å². The molecule has 2 atom stereocenters. The van der Waals surface area contributed by atoms with E-state index in [-0.39, 0.29) is 23.9 Å². The van der Waals surface area contributed by atoms with Crippen molar-refractivity contribution in [2.45, 2.75) is 58.0 Å². The highest BCUT2D eigenvalue weighted by Crippen LogP contribution is 2.37. The highest BCUT2D eigenvalue weighted by molar-refractivity contribution is 5.88. The van der Waals surface area contributed by atoms with Crippen molar-refractivity contribution in [2.24, 2.45) is 16.7 Å². The molecule has 7 heteroatoms. The van der Waals surface area contributed by atoms with Crippen LogP contribution in [0.25, 0.3) is 0 Å². The Hall–Kier alpha value is -2.93. The molecule has 0 fully saturated rings. The van der Waals surface area contributed by atoms with E-state index in [1.807, 2.05) is 75.1 Å². The topological polar surface area (TPSA) is 110 Å². The number of carbonyl (C=O) groups excluding carboxylic acids is 1. The lowest BCUT2D eigenvalue weighted by Gasteiger charge is -2.37. The third-order valence-electron chi connectivity index (χ3n) is 4.94. The van der Waals surface area contributed by atoms with Gasteiger partial charge in [-0.2, -0.15) is 5.10 Å². The van der Waals surface area contributed by atoms with Crippen molar-refractivity contribution in [3.05, 3.63) is 66.0 Å². The van der Waals surface area contributed by atoms with Crippen LogP contribution in [-0.4, -0.2) is 33.7 Å². The SMILES string of the molecule is CC(C)N(C(=O)C(c1cccnc1)C(C/C(N)=N/NN)c1ccccc1)C(C)C. The minimum atomic E-state index is -0.456. The van der Waals surface area contributed by atoms with Crippen molar-refractivity contribution in [3.8, 4) is 0 Å². The summed E-state index contributed by atoms with van der Waals surface area (Å²) in [6.07, 6.45) is 3.84. The Kier molecular flexibility index (Phi) is 8.15. The number of nitrogens with one attached hydrogen (secondary N) is 1. The zero-order chi connectivity index (χ0) is 21.4. The first-order valence-electron chi connectivity index (χ1n) is 9.91. The van der Waals surface area contributed by atoms with Crippen LogP contribution in [0, 0.1) is 0 Å². The Morgan fingerprint density at radius 2 is 1.69 bits per heavy atom. The van der Waals surface area contributed by atoms with Gasteiger partial charge in [-0.05, 0) is 44.9 Å². The molecule has 0 aliphatic carbocycles. The molecular weight excluding hydrogens is 364 g/mol. The molecule has 2 aromatic rings. The first-order valence-corrected chi connectivity index (χ1v) is 9.91. The van der Waals surface area contributed by atoms with E-state index in [1.54, 1.807) is 12.4 Å². The molecule has 156 valence electrons. The van der Waals surface area contributed by atoms with Crippen LogP contribution in [0.5, 0.6) is 0 Å². The van der Waals surface area contributed by atoms with Gasteiger partial charge in [0.05, 0.1) is 5.92 Å². The number of hydrogen-bond donors (Lipinski definition) is 3. The third kappa shape index (κ3) is 5.77. The molecule has 0 spiro atoms. The second kappa shape index (κ2) is 10.6. The molecule has 2 unspecified atom stereocenters. The molecule has 1 amide bonds. The van der Waals surface area contributed by atoms with Crippen LogP contribution in [0.1, 0.15) is 57.1 Å². The van der Waals surface area contributed by atoms with Gasteiger partial charge in [-0.3, -0.25) is 9.78 Å². The molecule has 0 radical (unpaired) electrons. The highest BCUT2D eigenvalue weighted by atomic mass is 16.2. The van der Waals surface area contributed by atoms with E-state index in [0.717, 1.165) is 11.1 Å². The molecule has 5 N–H and O–H groups in total. The molecule has 0 aliphatic heterocycles. The largest absolute Gasteiger partial charge is 0.386 e. The summed E-state index contributed by atoms with van der Waals surface area (Å²) in [5.41, 5.74) is 10.2. The fourth-order valence-electron chi connectivity index (χ4n) is 3.86. The number of hydrazine groups is 1. The lowest BCUT2D eigenvalue weighted by Crippen LogP contribution is -2.46. The van der Waals surface area contributed by atoms with Gasteiger partial charge in [0.15, 0.2) is 0 Å². The van der Waals surface area contributed by atoms with E-state index in [2.05, 4.69) is 15.6 Å². The van der Waals surface area contributed by atoms with Gasteiger partial charge >= 0.3 is 0 Å². The van der Waals surface area contributed by atoms with Gasteiger partial charge in [-0.1, -0.05) is 36.4 Å². The van der Waals surface area contributed by atoms with Gasteiger partial charge in [0, 0.05) is 36.8 Å². The summed E-state index contributed by atoms with van der Waals surface area (Å²) in [5, 5.41) is 3.92. The van der Waals surface area contributed by atoms with Gasteiger partial charge in [0.1, 0.15) is 5.84 Å². The van der Waals surface area contributed by atoms with Crippen molar-refractivity contribution < 1.29 is 4.79 Å². The van der Waals surface area contributed by atoms with Crippen LogP contribution in [0.4, 0.5) is 0 Å². The summed E-state index contributed by atoms with van der Waals surface area (Å²) in [6.45, 7) is 8.13. The van der Waals surface area contributed by atoms with Gasteiger partial charge in [0.25, 0.3) is 0 Å². The quantitative estimate of drug-likeness (QED) is 0.261. The number of carbonyl (C=O) groups is 1. The van der Waals surface area contributed by atoms with Crippen molar-refractivity contribution in [1.82, 2.24) is 15.4 Å². The molecule has 1 heterocycles. The molecule has 1 aromatic carbocycles. The second-order valence-corrected chi connectivity index (χ2v) is 7.65. The number of rotatable bonds is 9. The number of amidine groups is 1. The van der Waals surface area contributed by atoms with Crippen molar-refractivity contribution in [1.29, 1.82) is 0 Å². The molecule has 29 heavy (non-hydrogen) atoms. The number of pyridine rings is 1. The van der Waals surface area contributed by atoms with Gasteiger partial charge in [0.2, 0.25) is 5.91 Å². The number of nitrogens with two attached hydrogens (primary N) is 2. The number of amides is 1. The first kappa shape index (κ1) is 22.4. The second-order valence-electron chi connectivity index (χ2n) is 7.65. The maximum atomic E-state index is 13.9. The molecule has 0 saturated heterocycles. The predicted octanol–water partition coefficient (Wildman–Crippen LogP) is 2.72. The Labute approximate surface area is 173 Å². The third-order valence-corrected chi connectivity index (χ3v) is 4.94. The predicted molar refractivity (Wildman–Crippen MR) is 117 cm³/mol. The van der Waals surface area contributed by atoms with E-state index in [4.69, 9.17) is 11.6 Å². The number of hydrogen-bond acceptors (Lipinski definition) is 5. The molecule has 0 bridgehead atoms. The van der Waals surface area contributed by atoms with Crippen LogP contribution < -0.4 is 17.1 Å². The molecule has 0 saturated carbocycles.